The van der Waals surface area contributed by atoms with E-state index in [1.807, 2.05) is 55.6 Å². The number of amides is 1. The molecule has 0 radical (unpaired) electrons. The van der Waals surface area contributed by atoms with Crippen LogP contribution in [0.2, 0.25) is 0 Å². The second-order valence-electron chi connectivity index (χ2n) is 7.72. The highest BCUT2D eigenvalue weighted by Crippen LogP contribution is 2.29. The number of benzene rings is 3. The number of rotatable bonds is 10. The molecule has 7 nitrogen and oxygen atoms in total. The predicted molar refractivity (Wildman–Crippen MR) is 148 cm³/mol. The molecule has 0 fully saturated rings. The van der Waals surface area contributed by atoms with E-state index in [1.54, 1.807) is 36.4 Å². The number of nitrogens with zero attached hydrogens (tertiary/aromatic N) is 3. The number of aryl methyl sites for hydroxylation is 1. The lowest BCUT2D eigenvalue weighted by molar-refractivity contribution is -0.114. The lowest BCUT2D eigenvalue weighted by Gasteiger charge is -2.24. The zero-order valence-corrected chi connectivity index (χ0v) is 22.9. The number of nitrogens with one attached hydrogen (secondary N) is 1. The van der Waals surface area contributed by atoms with E-state index in [-0.39, 0.29) is 4.90 Å². The molecule has 0 spiro atoms. The maximum atomic E-state index is 13.5. The highest BCUT2D eigenvalue weighted by molar-refractivity contribution is 8.00. The molecule has 0 bridgehead atoms. The number of hydrogen-bond acceptors (Lipinski definition) is 8. The molecule has 0 aliphatic heterocycles. The fourth-order valence-electron chi connectivity index (χ4n) is 3.23. The van der Waals surface area contributed by atoms with E-state index < -0.39 is 22.5 Å². The second kappa shape index (κ2) is 11.9. The number of anilines is 2. The molecule has 1 aromatic heterocycles. The van der Waals surface area contributed by atoms with Crippen LogP contribution >= 0.6 is 34.9 Å². The van der Waals surface area contributed by atoms with Crippen molar-refractivity contribution in [3.8, 4) is 0 Å². The lowest BCUT2D eigenvalue weighted by Crippen LogP contribution is -2.38. The number of hydrogen-bond donors (Lipinski definition) is 1. The molecule has 0 unspecified atom stereocenters. The summed E-state index contributed by atoms with van der Waals surface area (Å²) in [6, 6.07) is 23.6. The van der Waals surface area contributed by atoms with E-state index in [9.17, 15) is 13.2 Å². The third-order valence-electron chi connectivity index (χ3n) is 5.11. The Morgan fingerprint density at radius 3 is 2.33 bits per heavy atom. The Labute approximate surface area is 223 Å². The summed E-state index contributed by atoms with van der Waals surface area (Å²) in [4.78, 5) is 14.0. The Hall–Kier alpha value is -2.86. The zero-order valence-electron chi connectivity index (χ0n) is 19.6. The van der Waals surface area contributed by atoms with Gasteiger partial charge in [-0.3, -0.25) is 14.4 Å². The molecule has 11 heteroatoms. The summed E-state index contributed by atoms with van der Waals surface area (Å²) in [5, 5.41) is 11.2. The third kappa shape index (κ3) is 6.67. The van der Waals surface area contributed by atoms with Gasteiger partial charge in [0.25, 0.3) is 10.0 Å². The van der Waals surface area contributed by atoms with Crippen molar-refractivity contribution in [1.29, 1.82) is 0 Å². The minimum atomic E-state index is -3.99. The summed E-state index contributed by atoms with van der Waals surface area (Å²) in [5.74, 6) is 0.230. The molecule has 1 N–H and O–H groups in total. The van der Waals surface area contributed by atoms with Crippen LogP contribution in [-0.2, 0) is 20.6 Å². The van der Waals surface area contributed by atoms with Gasteiger partial charge in [0.1, 0.15) is 6.54 Å². The zero-order chi connectivity index (χ0) is 25.5. The molecule has 4 rings (SSSR count). The first-order valence-corrected chi connectivity index (χ1v) is 15.4. The summed E-state index contributed by atoms with van der Waals surface area (Å²) >= 11 is 4.30. The highest BCUT2D eigenvalue weighted by atomic mass is 32.2. The molecule has 186 valence electrons. The van der Waals surface area contributed by atoms with E-state index in [0.29, 0.717) is 15.2 Å². The molecule has 3 aromatic carbocycles. The van der Waals surface area contributed by atoms with Crippen LogP contribution in [0.5, 0.6) is 0 Å². The van der Waals surface area contributed by atoms with Gasteiger partial charge >= 0.3 is 0 Å². The SMILES string of the molecule is CSc1ccc(S(=O)(=O)N(CC(=O)Nc2nnc(SCc3ccccc3)s2)c2ccc(C)cc2)cc1. The Morgan fingerprint density at radius 1 is 0.972 bits per heavy atom. The van der Waals surface area contributed by atoms with Crippen LogP contribution in [0.3, 0.4) is 0 Å². The average Bonchev–Trinajstić information content (AvgIpc) is 3.34. The molecule has 0 atom stereocenters. The van der Waals surface area contributed by atoms with Gasteiger partial charge < -0.3 is 0 Å². The Kier molecular flexibility index (Phi) is 8.68. The molecule has 36 heavy (non-hydrogen) atoms. The van der Waals surface area contributed by atoms with Crippen LogP contribution in [0.25, 0.3) is 0 Å². The van der Waals surface area contributed by atoms with Crippen molar-refractivity contribution in [3.63, 3.8) is 0 Å². The first kappa shape index (κ1) is 26.2. The largest absolute Gasteiger partial charge is 0.299 e. The molecule has 1 amide bonds. The summed E-state index contributed by atoms with van der Waals surface area (Å²) in [6.07, 6.45) is 1.92. The molecular formula is C25H24N4O3S4. The van der Waals surface area contributed by atoms with E-state index in [0.717, 1.165) is 26.1 Å². The normalized spacial score (nSPS) is 11.3. The van der Waals surface area contributed by atoms with Crippen LogP contribution < -0.4 is 9.62 Å². The molecular weight excluding hydrogens is 533 g/mol. The van der Waals surface area contributed by atoms with Crippen LogP contribution in [-0.4, -0.2) is 37.3 Å². The van der Waals surface area contributed by atoms with E-state index in [4.69, 9.17) is 0 Å². The van der Waals surface area contributed by atoms with Crippen LogP contribution in [0.4, 0.5) is 10.8 Å². The topological polar surface area (TPSA) is 92.3 Å². The Morgan fingerprint density at radius 2 is 1.67 bits per heavy atom. The van der Waals surface area contributed by atoms with Crippen LogP contribution in [0, 0.1) is 6.92 Å². The first-order chi connectivity index (χ1) is 17.3. The monoisotopic (exact) mass is 556 g/mol. The average molecular weight is 557 g/mol. The van der Waals surface area contributed by atoms with Gasteiger partial charge in [-0.1, -0.05) is 71.1 Å². The summed E-state index contributed by atoms with van der Waals surface area (Å²) in [7, 11) is -3.99. The van der Waals surface area contributed by atoms with Gasteiger partial charge in [-0.15, -0.1) is 22.0 Å². The standard InChI is InChI=1S/C25H24N4O3S4/c1-18-8-10-20(11-9-18)29(36(31,32)22-14-12-21(33-2)13-15-22)16-23(30)26-24-27-28-25(35-24)34-17-19-6-4-3-5-7-19/h3-15H,16-17H2,1-2H3,(H,26,27,30). The van der Waals surface area contributed by atoms with Crippen molar-refractivity contribution in [2.75, 3.05) is 22.4 Å². The summed E-state index contributed by atoms with van der Waals surface area (Å²) in [6.45, 7) is 1.51. The van der Waals surface area contributed by atoms with Crippen molar-refractivity contribution in [2.45, 2.75) is 26.8 Å². The van der Waals surface area contributed by atoms with E-state index in [1.165, 1.54) is 34.9 Å². The van der Waals surface area contributed by atoms with Crippen molar-refractivity contribution in [3.05, 3.63) is 90.0 Å². The molecule has 0 aliphatic carbocycles. The van der Waals surface area contributed by atoms with Crippen LogP contribution in [0.15, 0.2) is 93.0 Å². The van der Waals surface area contributed by atoms with E-state index in [2.05, 4.69) is 15.5 Å². The Balaban J connectivity index is 1.49. The van der Waals surface area contributed by atoms with Crippen molar-refractivity contribution in [2.24, 2.45) is 0 Å². The quantitative estimate of drug-likeness (QED) is 0.198. The fourth-order valence-corrected chi connectivity index (χ4v) is 6.78. The first-order valence-electron chi connectivity index (χ1n) is 10.9. The maximum Gasteiger partial charge on any atom is 0.264 e. The van der Waals surface area contributed by atoms with Gasteiger partial charge in [0.15, 0.2) is 4.34 Å². The molecule has 0 aliphatic rings. The smallest absolute Gasteiger partial charge is 0.264 e. The second-order valence-corrected chi connectivity index (χ2v) is 12.7. The van der Waals surface area contributed by atoms with Crippen molar-refractivity contribution >= 4 is 61.6 Å². The number of carbonyl (C=O) groups excluding carboxylic acids is 1. The summed E-state index contributed by atoms with van der Waals surface area (Å²) < 4.78 is 28.9. The summed E-state index contributed by atoms with van der Waals surface area (Å²) in [5.41, 5.74) is 2.55. The minimum absolute atomic E-state index is 0.115. The number of aromatic nitrogens is 2. The van der Waals surface area contributed by atoms with Gasteiger partial charge in [-0.2, -0.15) is 0 Å². The highest BCUT2D eigenvalue weighted by Gasteiger charge is 2.27. The molecule has 4 aromatic rings. The van der Waals surface area contributed by atoms with Gasteiger partial charge in [0.05, 0.1) is 10.6 Å². The number of thioether (sulfide) groups is 2. The lowest BCUT2D eigenvalue weighted by atomic mass is 10.2. The van der Waals surface area contributed by atoms with E-state index >= 15 is 0 Å². The maximum absolute atomic E-state index is 13.5. The van der Waals surface area contributed by atoms with Crippen LogP contribution in [0.1, 0.15) is 11.1 Å². The number of carbonyl (C=O) groups is 1. The predicted octanol–water partition coefficient (Wildman–Crippen LogP) is 5.69. The fraction of sp³-hybridized carbons (Fsp3) is 0.160. The van der Waals surface area contributed by atoms with Crippen molar-refractivity contribution < 1.29 is 13.2 Å². The van der Waals surface area contributed by atoms with Gasteiger partial charge in [-0.25, -0.2) is 8.42 Å². The van der Waals surface area contributed by atoms with Gasteiger partial charge in [0.2, 0.25) is 11.0 Å². The van der Waals surface area contributed by atoms with Gasteiger partial charge in [0, 0.05) is 10.6 Å². The Bertz CT molecular complexity index is 1410. The van der Waals surface area contributed by atoms with Crippen molar-refractivity contribution in [1.82, 2.24) is 10.2 Å². The molecule has 1 heterocycles. The number of sulfonamides is 1. The molecule has 0 saturated heterocycles. The van der Waals surface area contributed by atoms with Gasteiger partial charge in [-0.05, 0) is 55.1 Å². The molecule has 0 saturated carbocycles. The third-order valence-corrected chi connectivity index (χ3v) is 9.69. The minimum Gasteiger partial charge on any atom is -0.299 e.